The van der Waals surface area contributed by atoms with Gasteiger partial charge in [0, 0.05) is 14.5 Å². The zero-order valence-corrected chi connectivity index (χ0v) is 14.8. The van der Waals surface area contributed by atoms with Crippen molar-refractivity contribution in [3.05, 3.63) is 67.3 Å². The normalized spacial score (nSPS) is 12.5. The molecule has 1 N–H and O–H groups in total. The SMILES string of the molecule is CNC(c1cc(Br)ccc1Br)c1c(C)cc(C)cc1F. The maximum Gasteiger partial charge on any atom is 0.128 e. The van der Waals surface area contributed by atoms with E-state index in [1.807, 2.05) is 45.2 Å². The van der Waals surface area contributed by atoms with Gasteiger partial charge in [0.2, 0.25) is 0 Å². The van der Waals surface area contributed by atoms with Gasteiger partial charge in [-0.15, -0.1) is 0 Å². The van der Waals surface area contributed by atoms with Crippen molar-refractivity contribution in [3.8, 4) is 0 Å². The molecule has 0 heterocycles. The van der Waals surface area contributed by atoms with E-state index in [0.29, 0.717) is 5.56 Å². The van der Waals surface area contributed by atoms with Crippen LogP contribution in [0.25, 0.3) is 0 Å². The van der Waals surface area contributed by atoms with Crippen LogP contribution >= 0.6 is 31.9 Å². The zero-order chi connectivity index (χ0) is 14.9. The van der Waals surface area contributed by atoms with Gasteiger partial charge in [-0.05, 0) is 61.9 Å². The first-order valence-electron chi connectivity index (χ1n) is 6.33. The Morgan fingerprint density at radius 1 is 1.10 bits per heavy atom. The summed E-state index contributed by atoms with van der Waals surface area (Å²) < 4.78 is 16.3. The lowest BCUT2D eigenvalue weighted by Gasteiger charge is -2.22. The summed E-state index contributed by atoms with van der Waals surface area (Å²) in [4.78, 5) is 0. The molecule has 2 rings (SSSR count). The first-order valence-corrected chi connectivity index (χ1v) is 7.91. The Labute approximate surface area is 135 Å². The minimum atomic E-state index is -0.192. The summed E-state index contributed by atoms with van der Waals surface area (Å²) in [5.74, 6) is -0.172. The van der Waals surface area contributed by atoms with Crippen LogP contribution < -0.4 is 5.32 Å². The van der Waals surface area contributed by atoms with E-state index in [-0.39, 0.29) is 11.9 Å². The third-order valence-corrected chi connectivity index (χ3v) is 4.54. The molecule has 1 nitrogen and oxygen atoms in total. The summed E-state index contributed by atoms with van der Waals surface area (Å²) >= 11 is 7.02. The Morgan fingerprint density at radius 3 is 2.40 bits per heavy atom. The van der Waals surface area contributed by atoms with Crippen LogP contribution in [0.2, 0.25) is 0 Å². The van der Waals surface area contributed by atoms with Crippen molar-refractivity contribution in [2.45, 2.75) is 19.9 Å². The van der Waals surface area contributed by atoms with Crippen molar-refractivity contribution >= 4 is 31.9 Å². The second-order valence-corrected chi connectivity index (χ2v) is 6.63. The van der Waals surface area contributed by atoms with E-state index in [4.69, 9.17) is 0 Å². The van der Waals surface area contributed by atoms with E-state index in [0.717, 1.165) is 25.6 Å². The van der Waals surface area contributed by atoms with Crippen molar-refractivity contribution in [1.29, 1.82) is 0 Å². The summed E-state index contributed by atoms with van der Waals surface area (Å²) in [6.07, 6.45) is 0. The van der Waals surface area contributed by atoms with Crippen LogP contribution in [0.15, 0.2) is 39.3 Å². The molecule has 0 aliphatic heterocycles. The highest BCUT2D eigenvalue weighted by Gasteiger charge is 2.21. The molecule has 0 aliphatic rings. The van der Waals surface area contributed by atoms with E-state index < -0.39 is 0 Å². The molecule has 0 fully saturated rings. The van der Waals surface area contributed by atoms with E-state index in [2.05, 4.69) is 37.2 Å². The molecular formula is C16H16Br2FN. The molecule has 0 saturated carbocycles. The molecule has 0 aromatic heterocycles. The smallest absolute Gasteiger partial charge is 0.128 e. The number of benzene rings is 2. The predicted molar refractivity (Wildman–Crippen MR) is 88.6 cm³/mol. The van der Waals surface area contributed by atoms with E-state index in [9.17, 15) is 4.39 Å². The summed E-state index contributed by atoms with van der Waals surface area (Å²) in [7, 11) is 1.84. The van der Waals surface area contributed by atoms with Crippen LogP contribution in [0.5, 0.6) is 0 Å². The largest absolute Gasteiger partial charge is 0.309 e. The van der Waals surface area contributed by atoms with Gasteiger partial charge in [0.15, 0.2) is 0 Å². The van der Waals surface area contributed by atoms with Crippen LogP contribution in [-0.4, -0.2) is 7.05 Å². The number of aryl methyl sites for hydroxylation is 2. The molecule has 0 saturated heterocycles. The molecule has 4 heteroatoms. The number of halogens is 3. The Morgan fingerprint density at radius 2 is 1.80 bits per heavy atom. The lowest BCUT2D eigenvalue weighted by atomic mass is 9.93. The van der Waals surface area contributed by atoms with Gasteiger partial charge in [-0.25, -0.2) is 4.39 Å². The van der Waals surface area contributed by atoms with Crippen LogP contribution in [0.4, 0.5) is 4.39 Å². The topological polar surface area (TPSA) is 12.0 Å². The van der Waals surface area contributed by atoms with Gasteiger partial charge in [0.25, 0.3) is 0 Å². The lowest BCUT2D eigenvalue weighted by molar-refractivity contribution is 0.571. The zero-order valence-electron chi connectivity index (χ0n) is 11.6. The number of hydrogen-bond acceptors (Lipinski definition) is 1. The molecule has 1 unspecified atom stereocenters. The molecule has 0 amide bonds. The molecule has 20 heavy (non-hydrogen) atoms. The van der Waals surface area contributed by atoms with E-state index in [1.54, 1.807) is 6.07 Å². The molecule has 0 radical (unpaired) electrons. The Bertz CT molecular complexity index is 617. The third-order valence-electron chi connectivity index (χ3n) is 3.33. The van der Waals surface area contributed by atoms with Crippen molar-refractivity contribution in [3.63, 3.8) is 0 Å². The Hall–Kier alpha value is -0.710. The molecule has 0 bridgehead atoms. The van der Waals surface area contributed by atoms with Gasteiger partial charge in [-0.2, -0.15) is 0 Å². The highest BCUT2D eigenvalue weighted by Crippen LogP contribution is 2.33. The summed E-state index contributed by atoms with van der Waals surface area (Å²) in [5, 5.41) is 3.21. The molecule has 0 aliphatic carbocycles. The fourth-order valence-electron chi connectivity index (χ4n) is 2.48. The average Bonchev–Trinajstić information content (AvgIpc) is 2.37. The summed E-state index contributed by atoms with van der Waals surface area (Å²) in [6, 6.07) is 9.32. The van der Waals surface area contributed by atoms with Crippen molar-refractivity contribution < 1.29 is 4.39 Å². The average molecular weight is 401 g/mol. The first-order chi connectivity index (χ1) is 9.43. The molecule has 2 aromatic carbocycles. The molecular weight excluding hydrogens is 385 g/mol. The van der Waals surface area contributed by atoms with Crippen LogP contribution in [0, 0.1) is 19.7 Å². The molecule has 106 valence electrons. The van der Waals surface area contributed by atoms with Crippen molar-refractivity contribution in [1.82, 2.24) is 5.32 Å². The van der Waals surface area contributed by atoms with Crippen molar-refractivity contribution in [2.75, 3.05) is 7.05 Å². The standard InChI is InChI=1S/C16H16Br2FN/c1-9-6-10(2)15(14(19)7-9)16(20-3)12-8-11(17)4-5-13(12)18/h4-8,16,20H,1-3H3. The van der Waals surface area contributed by atoms with Gasteiger partial charge in [0.05, 0.1) is 6.04 Å². The minimum Gasteiger partial charge on any atom is -0.309 e. The maximum absolute atomic E-state index is 14.4. The highest BCUT2D eigenvalue weighted by atomic mass is 79.9. The van der Waals surface area contributed by atoms with Gasteiger partial charge in [-0.1, -0.05) is 37.9 Å². The van der Waals surface area contributed by atoms with Gasteiger partial charge >= 0.3 is 0 Å². The van der Waals surface area contributed by atoms with E-state index in [1.165, 1.54) is 0 Å². The van der Waals surface area contributed by atoms with Crippen LogP contribution in [0.3, 0.4) is 0 Å². The van der Waals surface area contributed by atoms with Gasteiger partial charge in [-0.3, -0.25) is 0 Å². The number of hydrogen-bond donors (Lipinski definition) is 1. The monoisotopic (exact) mass is 399 g/mol. The molecule has 1 atom stereocenters. The fraction of sp³-hybridized carbons (Fsp3) is 0.250. The third kappa shape index (κ3) is 3.13. The fourth-order valence-corrected chi connectivity index (χ4v) is 3.34. The molecule has 2 aromatic rings. The van der Waals surface area contributed by atoms with Gasteiger partial charge in [0.1, 0.15) is 5.82 Å². The Balaban J connectivity index is 2.61. The van der Waals surface area contributed by atoms with E-state index >= 15 is 0 Å². The minimum absolute atomic E-state index is 0.172. The van der Waals surface area contributed by atoms with Gasteiger partial charge < -0.3 is 5.32 Å². The summed E-state index contributed by atoms with van der Waals surface area (Å²) in [5.41, 5.74) is 3.59. The molecule has 0 spiro atoms. The quantitative estimate of drug-likeness (QED) is 0.739. The predicted octanol–water partition coefficient (Wildman–Crippen LogP) is 5.28. The summed E-state index contributed by atoms with van der Waals surface area (Å²) in [6.45, 7) is 3.85. The lowest BCUT2D eigenvalue weighted by Crippen LogP contribution is -2.20. The maximum atomic E-state index is 14.4. The Kier molecular flexibility index (Phi) is 4.99. The second kappa shape index (κ2) is 6.37. The van der Waals surface area contributed by atoms with Crippen LogP contribution in [-0.2, 0) is 0 Å². The van der Waals surface area contributed by atoms with Crippen molar-refractivity contribution in [2.24, 2.45) is 0 Å². The second-order valence-electron chi connectivity index (χ2n) is 4.86. The highest BCUT2D eigenvalue weighted by molar-refractivity contribution is 9.11. The first kappa shape index (κ1) is 15.7. The number of nitrogens with one attached hydrogen (secondary N) is 1. The van der Waals surface area contributed by atoms with Crippen LogP contribution in [0.1, 0.15) is 28.3 Å². The number of rotatable bonds is 3.